The third-order valence-electron chi connectivity index (χ3n) is 7.86. The Balaban J connectivity index is 1.38. The number of hydrogen-bond donors (Lipinski definition) is 0. The minimum atomic E-state index is -0.0330. The van der Waals surface area contributed by atoms with Crippen LogP contribution < -0.4 is 4.73 Å². The van der Waals surface area contributed by atoms with Gasteiger partial charge in [0, 0.05) is 42.6 Å². The molecule has 8 heteroatoms. The molecule has 0 radical (unpaired) electrons. The number of carbonyl (C=O) groups excluding carboxylic acids is 1. The van der Waals surface area contributed by atoms with Crippen molar-refractivity contribution in [1.29, 1.82) is 0 Å². The molecule has 35 heavy (non-hydrogen) atoms. The topological polar surface area (TPSA) is 72.1 Å². The van der Waals surface area contributed by atoms with E-state index < -0.39 is 0 Å². The third kappa shape index (κ3) is 5.31. The Morgan fingerprint density at radius 2 is 1.74 bits per heavy atom. The summed E-state index contributed by atoms with van der Waals surface area (Å²) in [7, 11) is 1.59. The number of rotatable bonds is 5. The highest BCUT2D eigenvalue weighted by Gasteiger charge is 2.40. The summed E-state index contributed by atoms with van der Waals surface area (Å²) in [5, 5.41) is 17.1. The Morgan fingerprint density at radius 3 is 2.34 bits per heavy atom. The van der Waals surface area contributed by atoms with Gasteiger partial charge in [-0.05, 0) is 75.9 Å². The molecule has 4 rings (SSSR count). The van der Waals surface area contributed by atoms with Gasteiger partial charge in [0.1, 0.15) is 12.7 Å². The van der Waals surface area contributed by atoms with E-state index in [2.05, 4.69) is 17.0 Å². The maximum atomic E-state index is 13.2. The second-order valence-corrected chi connectivity index (χ2v) is 10.4. The Morgan fingerprint density at radius 1 is 1.11 bits per heavy atom. The van der Waals surface area contributed by atoms with Crippen molar-refractivity contribution in [3.63, 3.8) is 0 Å². The predicted octanol–water partition coefficient (Wildman–Crippen LogP) is 4.35. The number of oxime groups is 1. The summed E-state index contributed by atoms with van der Waals surface area (Å²) in [6.45, 7) is 9.30. The Kier molecular flexibility index (Phi) is 7.67. The minimum absolute atomic E-state index is 0.0330. The highest BCUT2D eigenvalue weighted by molar-refractivity contribution is 6.30. The van der Waals surface area contributed by atoms with Crippen LogP contribution in [0, 0.1) is 25.0 Å². The number of carbonyl (C=O) groups is 1. The van der Waals surface area contributed by atoms with E-state index in [1.54, 1.807) is 20.1 Å². The molecule has 1 aromatic heterocycles. The molecule has 0 N–H and O–H groups in total. The molecule has 1 amide bonds. The van der Waals surface area contributed by atoms with E-state index in [0.29, 0.717) is 35.3 Å². The number of hydrogen-bond acceptors (Lipinski definition) is 5. The van der Waals surface area contributed by atoms with Crippen LogP contribution in [0.25, 0.3) is 0 Å². The number of pyridine rings is 1. The van der Waals surface area contributed by atoms with Crippen LogP contribution in [0.1, 0.15) is 59.8 Å². The van der Waals surface area contributed by atoms with Crippen LogP contribution in [-0.2, 0) is 4.84 Å². The number of aryl methyl sites for hydroxylation is 1. The zero-order valence-corrected chi connectivity index (χ0v) is 21.8. The first-order valence-electron chi connectivity index (χ1n) is 12.3. The number of aromatic nitrogens is 1. The number of amides is 1. The lowest BCUT2D eigenvalue weighted by Crippen LogP contribution is -2.57. The fourth-order valence-electron chi connectivity index (χ4n) is 5.53. The van der Waals surface area contributed by atoms with E-state index in [1.165, 1.54) is 6.20 Å². The summed E-state index contributed by atoms with van der Waals surface area (Å²) in [5.41, 5.74) is 3.96. The largest absolute Gasteiger partial charge is 0.618 e. The van der Waals surface area contributed by atoms with E-state index in [1.807, 2.05) is 36.1 Å². The molecule has 0 saturated carbocycles. The molecule has 2 fully saturated rings. The molecule has 0 aliphatic carbocycles. The van der Waals surface area contributed by atoms with Crippen LogP contribution in [0.3, 0.4) is 0 Å². The SMILES string of the molecule is CO/N=C(/c1ccc(Cl)cc1)C1CCN(C2(C)CCN(C(=O)c3c(C)cc[n+]([O-])c3C)CC2)CC1. The van der Waals surface area contributed by atoms with Gasteiger partial charge < -0.3 is 14.9 Å². The molecular formula is C27H35ClN4O3. The number of likely N-dealkylation sites (tertiary alicyclic amines) is 2. The third-order valence-corrected chi connectivity index (χ3v) is 8.12. The lowest BCUT2D eigenvalue weighted by molar-refractivity contribution is -0.612. The van der Waals surface area contributed by atoms with E-state index in [4.69, 9.17) is 16.4 Å². The quantitative estimate of drug-likeness (QED) is 0.266. The van der Waals surface area contributed by atoms with Crippen LogP contribution in [0.15, 0.2) is 41.7 Å². The van der Waals surface area contributed by atoms with Crippen LogP contribution in [-0.4, -0.2) is 60.2 Å². The van der Waals surface area contributed by atoms with E-state index in [9.17, 15) is 10.0 Å². The van der Waals surface area contributed by atoms with E-state index >= 15 is 0 Å². The van der Waals surface area contributed by atoms with Gasteiger partial charge in [0.2, 0.25) is 5.69 Å². The molecule has 2 aliphatic heterocycles. The number of piperidine rings is 2. The van der Waals surface area contributed by atoms with Crippen molar-refractivity contribution in [2.75, 3.05) is 33.3 Å². The molecule has 2 saturated heterocycles. The molecule has 1 aromatic carbocycles. The summed E-state index contributed by atoms with van der Waals surface area (Å²) < 4.78 is 0.781. The summed E-state index contributed by atoms with van der Waals surface area (Å²) >= 11 is 6.07. The van der Waals surface area contributed by atoms with Crippen molar-refractivity contribution in [3.05, 3.63) is 69.1 Å². The Hall–Kier alpha value is -2.64. The number of halogens is 1. The van der Waals surface area contributed by atoms with Crippen LogP contribution in [0.2, 0.25) is 5.02 Å². The van der Waals surface area contributed by atoms with Gasteiger partial charge >= 0.3 is 0 Å². The van der Waals surface area contributed by atoms with Gasteiger partial charge in [-0.1, -0.05) is 28.9 Å². The standard InChI is InChI=1S/C27H35ClN4O3/c1-19-9-16-32(34)20(2)24(19)26(33)30-17-12-27(3,13-18-30)31-14-10-22(11-15-31)25(29-35-4)21-5-7-23(28)8-6-21/h5-9,16,22H,10-15,17-18H2,1-4H3/b29-25-. The fraction of sp³-hybridized carbons (Fsp3) is 0.519. The summed E-state index contributed by atoms with van der Waals surface area (Å²) in [4.78, 5) is 22.9. The van der Waals surface area contributed by atoms with Crippen molar-refractivity contribution >= 4 is 23.2 Å². The first kappa shape index (κ1) is 25.5. The molecule has 0 atom stereocenters. The zero-order chi connectivity index (χ0) is 25.2. The summed E-state index contributed by atoms with van der Waals surface area (Å²) in [6, 6.07) is 9.51. The molecule has 0 unspecified atom stereocenters. The van der Waals surface area contributed by atoms with E-state index in [0.717, 1.165) is 60.3 Å². The van der Waals surface area contributed by atoms with Gasteiger partial charge in [0.05, 0.1) is 5.71 Å². The second kappa shape index (κ2) is 10.5. The first-order chi connectivity index (χ1) is 16.7. The van der Waals surface area contributed by atoms with Crippen LogP contribution in [0.5, 0.6) is 0 Å². The van der Waals surface area contributed by atoms with Gasteiger partial charge in [0.15, 0.2) is 6.20 Å². The molecule has 7 nitrogen and oxygen atoms in total. The highest BCUT2D eigenvalue weighted by Crippen LogP contribution is 2.34. The molecule has 2 aromatic rings. The fourth-order valence-corrected chi connectivity index (χ4v) is 5.66. The van der Waals surface area contributed by atoms with Crippen molar-refractivity contribution in [2.24, 2.45) is 11.1 Å². The predicted molar refractivity (Wildman–Crippen MR) is 138 cm³/mol. The normalized spacial score (nSPS) is 19.6. The number of nitrogens with zero attached hydrogens (tertiary/aromatic N) is 4. The van der Waals surface area contributed by atoms with Crippen LogP contribution in [0.4, 0.5) is 0 Å². The maximum absolute atomic E-state index is 13.2. The van der Waals surface area contributed by atoms with Gasteiger partial charge in [-0.15, -0.1) is 0 Å². The van der Waals surface area contributed by atoms with Crippen molar-refractivity contribution in [3.8, 4) is 0 Å². The first-order valence-corrected chi connectivity index (χ1v) is 12.7. The average Bonchev–Trinajstić information content (AvgIpc) is 2.86. The molecule has 3 heterocycles. The van der Waals surface area contributed by atoms with Crippen molar-refractivity contribution < 1.29 is 14.4 Å². The molecule has 2 aliphatic rings. The maximum Gasteiger partial charge on any atom is 0.260 e. The van der Waals surface area contributed by atoms with Crippen molar-refractivity contribution in [1.82, 2.24) is 9.80 Å². The Labute approximate surface area is 212 Å². The lowest BCUT2D eigenvalue weighted by Gasteiger charge is -2.49. The van der Waals surface area contributed by atoms with Gasteiger partial charge in [-0.25, -0.2) is 0 Å². The average molecular weight is 499 g/mol. The monoisotopic (exact) mass is 498 g/mol. The lowest BCUT2D eigenvalue weighted by atomic mass is 9.82. The van der Waals surface area contributed by atoms with Crippen LogP contribution >= 0.6 is 11.6 Å². The molecule has 188 valence electrons. The summed E-state index contributed by atoms with van der Waals surface area (Å²) in [5.74, 6) is 0.301. The molecular weight excluding hydrogens is 464 g/mol. The number of benzene rings is 1. The van der Waals surface area contributed by atoms with Gasteiger partial charge in [0.25, 0.3) is 5.91 Å². The van der Waals surface area contributed by atoms with E-state index in [-0.39, 0.29) is 11.4 Å². The van der Waals surface area contributed by atoms with Gasteiger partial charge in [-0.2, -0.15) is 4.73 Å². The van der Waals surface area contributed by atoms with Gasteiger partial charge in [-0.3, -0.25) is 9.69 Å². The van der Waals surface area contributed by atoms with Crippen molar-refractivity contribution in [2.45, 2.75) is 52.0 Å². The molecule has 0 spiro atoms. The molecule has 0 bridgehead atoms. The minimum Gasteiger partial charge on any atom is -0.618 e. The zero-order valence-electron chi connectivity index (χ0n) is 21.1. The smallest absolute Gasteiger partial charge is 0.260 e. The highest BCUT2D eigenvalue weighted by atomic mass is 35.5. The Bertz CT molecular complexity index is 1090. The summed E-state index contributed by atoms with van der Waals surface area (Å²) in [6.07, 6.45) is 5.32. The second-order valence-electron chi connectivity index (χ2n) is 10.0.